The molecule has 1 saturated heterocycles. The standard InChI is InChI=1S/C26H35N7O/c1-6-8-10-22-21(12-13-27-22)18(3)24-29-25(32-14-16-34-17-15-32)31-26(30-24)33-20(5)19(4)28-23(33)11-9-7-2/h6,8,10,12-13,18,27H,1,7,9,11,14-17H2,2-5H3/b10-8-. The summed E-state index contributed by atoms with van der Waals surface area (Å²) in [5.41, 5.74) is 4.24. The summed E-state index contributed by atoms with van der Waals surface area (Å²) >= 11 is 0. The predicted molar refractivity (Wildman–Crippen MR) is 136 cm³/mol. The third kappa shape index (κ3) is 4.97. The van der Waals surface area contributed by atoms with Gasteiger partial charge in [0.15, 0.2) is 0 Å². The highest BCUT2D eigenvalue weighted by Gasteiger charge is 2.24. The number of aromatic nitrogens is 6. The molecule has 0 spiro atoms. The predicted octanol–water partition coefficient (Wildman–Crippen LogP) is 4.53. The molecule has 4 rings (SSSR count). The van der Waals surface area contributed by atoms with Crippen molar-refractivity contribution in [3.8, 4) is 5.95 Å². The second-order valence-electron chi connectivity index (χ2n) is 8.69. The van der Waals surface area contributed by atoms with Crippen molar-refractivity contribution in [2.45, 2.75) is 52.9 Å². The quantitative estimate of drug-likeness (QED) is 0.471. The van der Waals surface area contributed by atoms with Crippen molar-refractivity contribution < 1.29 is 4.74 Å². The van der Waals surface area contributed by atoms with Crippen molar-refractivity contribution in [2.24, 2.45) is 0 Å². The number of nitrogens with one attached hydrogen (secondary N) is 1. The number of imidazole rings is 1. The van der Waals surface area contributed by atoms with E-state index in [9.17, 15) is 0 Å². The SMILES string of the molecule is C=C/C=C\c1[nH]ccc1C(C)c1nc(N2CCOCC2)nc(-n2c(CCCC)nc(C)c2C)n1. The number of hydrogen-bond acceptors (Lipinski definition) is 6. The average molecular weight is 462 g/mol. The van der Waals surface area contributed by atoms with Crippen molar-refractivity contribution in [3.05, 3.63) is 65.3 Å². The Balaban J connectivity index is 1.82. The second kappa shape index (κ2) is 10.8. The fourth-order valence-corrected chi connectivity index (χ4v) is 4.24. The molecule has 0 aliphatic carbocycles. The number of nitrogens with zero attached hydrogens (tertiary/aromatic N) is 6. The highest BCUT2D eigenvalue weighted by atomic mass is 16.5. The van der Waals surface area contributed by atoms with E-state index >= 15 is 0 Å². The first-order chi connectivity index (χ1) is 16.5. The van der Waals surface area contributed by atoms with Crippen LogP contribution in [-0.2, 0) is 11.2 Å². The highest BCUT2D eigenvalue weighted by Crippen LogP contribution is 2.28. The number of anilines is 1. The molecular weight excluding hydrogens is 426 g/mol. The van der Waals surface area contributed by atoms with Crippen molar-refractivity contribution in [2.75, 3.05) is 31.2 Å². The number of aromatic amines is 1. The van der Waals surface area contributed by atoms with Crippen LogP contribution in [0.2, 0.25) is 0 Å². The van der Waals surface area contributed by atoms with E-state index in [1.165, 1.54) is 0 Å². The van der Waals surface area contributed by atoms with Crippen molar-refractivity contribution in [1.29, 1.82) is 0 Å². The Labute approximate surface area is 201 Å². The van der Waals surface area contributed by atoms with Crippen molar-refractivity contribution in [3.63, 3.8) is 0 Å². The van der Waals surface area contributed by atoms with E-state index in [-0.39, 0.29) is 5.92 Å². The number of H-pyrrole nitrogens is 1. The van der Waals surface area contributed by atoms with Gasteiger partial charge in [0.25, 0.3) is 0 Å². The lowest BCUT2D eigenvalue weighted by Crippen LogP contribution is -2.38. The van der Waals surface area contributed by atoms with Crippen LogP contribution in [0.25, 0.3) is 12.0 Å². The number of aryl methyl sites for hydroxylation is 2. The smallest absolute Gasteiger partial charge is 0.240 e. The summed E-state index contributed by atoms with van der Waals surface area (Å²) in [5.74, 6) is 3.06. The molecule has 34 heavy (non-hydrogen) atoms. The van der Waals surface area contributed by atoms with E-state index < -0.39 is 0 Å². The van der Waals surface area contributed by atoms with Crippen LogP contribution < -0.4 is 4.90 Å². The molecule has 1 fully saturated rings. The summed E-state index contributed by atoms with van der Waals surface area (Å²) in [6, 6.07) is 2.09. The Morgan fingerprint density at radius 1 is 1.15 bits per heavy atom. The third-order valence-electron chi connectivity index (χ3n) is 6.36. The summed E-state index contributed by atoms with van der Waals surface area (Å²) in [6.45, 7) is 15.1. The summed E-state index contributed by atoms with van der Waals surface area (Å²) in [5, 5.41) is 0. The third-order valence-corrected chi connectivity index (χ3v) is 6.36. The van der Waals surface area contributed by atoms with Crippen molar-refractivity contribution >= 4 is 12.0 Å². The first-order valence-corrected chi connectivity index (χ1v) is 12.1. The molecule has 180 valence electrons. The lowest BCUT2D eigenvalue weighted by atomic mass is 10.0. The van der Waals surface area contributed by atoms with Crippen LogP contribution in [0.5, 0.6) is 0 Å². The van der Waals surface area contributed by atoms with Crippen LogP contribution in [0.15, 0.2) is 31.0 Å². The van der Waals surface area contributed by atoms with Crippen LogP contribution in [0.4, 0.5) is 5.95 Å². The van der Waals surface area contributed by atoms with Gasteiger partial charge in [-0.2, -0.15) is 15.0 Å². The largest absolute Gasteiger partial charge is 0.378 e. The minimum absolute atomic E-state index is 0.0266. The molecule has 3 aromatic rings. The molecule has 0 radical (unpaired) electrons. The van der Waals surface area contributed by atoms with E-state index in [0.717, 1.165) is 66.6 Å². The molecule has 0 amide bonds. The van der Waals surface area contributed by atoms with Crippen LogP contribution >= 0.6 is 0 Å². The summed E-state index contributed by atoms with van der Waals surface area (Å²) in [6.07, 6.45) is 10.7. The van der Waals surface area contributed by atoms with E-state index in [4.69, 9.17) is 24.7 Å². The maximum absolute atomic E-state index is 5.56. The summed E-state index contributed by atoms with van der Waals surface area (Å²) in [7, 11) is 0. The lowest BCUT2D eigenvalue weighted by Gasteiger charge is -2.27. The Bertz CT molecular complexity index is 1150. The monoisotopic (exact) mass is 461 g/mol. The van der Waals surface area contributed by atoms with Gasteiger partial charge in [0.1, 0.15) is 11.6 Å². The first kappa shape index (κ1) is 23.9. The molecule has 3 aromatic heterocycles. The minimum Gasteiger partial charge on any atom is -0.378 e. The molecule has 1 aliphatic rings. The Morgan fingerprint density at radius 2 is 1.91 bits per heavy atom. The van der Waals surface area contributed by atoms with E-state index in [1.807, 2.05) is 25.3 Å². The zero-order valence-electron chi connectivity index (χ0n) is 20.7. The number of allylic oxidation sites excluding steroid dienone is 2. The minimum atomic E-state index is -0.0266. The molecule has 4 heterocycles. The molecule has 0 saturated carbocycles. The Morgan fingerprint density at radius 3 is 2.65 bits per heavy atom. The molecule has 0 aromatic carbocycles. The van der Waals surface area contributed by atoms with Crippen molar-refractivity contribution in [1.82, 2.24) is 29.5 Å². The fourth-order valence-electron chi connectivity index (χ4n) is 4.24. The molecule has 1 N–H and O–H groups in total. The maximum Gasteiger partial charge on any atom is 0.240 e. The first-order valence-electron chi connectivity index (χ1n) is 12.1. The van der Waals surface area contributed by atoms with Gasteiger partial charge in [0.05, 0.1) is 18.9 Å². The zero-order valence-corrected chi connectivity index (χ0v) is 20.7. The number of rotatable bonds is 9. The molecule has 8 heteroatoms. The van der Waals surface area contributed by atoms with Gasteiger partial charge in [0.2, 0.25) is 11.9 Å². The van der Waals surface area contributed by atoms with Gasteiger partial charge in [-0.15, -0.1) is 0 Å². The molecule has 1 aliphatic heterocycles. The molecule has 0 bridgehead atoms. The number of morpholine rings is 1. The highest BCUT2D eigenvalue weighted by molar-refractivity contribution is 5.53. The van der Waals surface area contributed by atoms with Gasteiger partial charge < -0.3 is 14.6 Å². The molecule has 1 unspecified atom stereocenters. The topological polar surface area (TPSA) is 84.8 Å². The van der Waals surface area contributed by atoms with E-state index in [0.29, 0.717) is 25.1 Å². The number of ether oxygens (including phenoxy) is 1. The number of hydrogen-bond donors (Lipinski definition) is 1. The van der Waals surface area contributed by atoms with Crippen LogP contribution in [0, 0.1) is 13.8 Å². The lowest BCUT2D eigenvalue weighted by molar-refractivity contribution is 0.122. The van der Waals surface area contributed by atoms with Crippen LogP contribution in [0.3, 0.4) is 0 Å². The molecular formula is C26H35N7O. The van der Waals surface area contributed by atoms with Gasteiger partial charge >= 0.3 is 0 Å². The van der Waals surface area contributed by atoms with Crippen LogP contribution in [-0.4, -0.2) is 55.8 Å². The average Bonchev–Trinajstić information content (AvgIpc) is 3.45. The number of unbranched alkanes of at least 4 members (excludes halogenated alkanes) is 1. The maximum atomic E-state index is 5.56. The zero-order chi connectivity index (χ0) is 24.1. The Kier molecular flexibility index (Phi) is 7.57. The summed E-state index contributed by atoms with van der Waals surface area (Å²) in [4.78, 5) is 25.2. The van der Waals surface area contributed by atoms with Gasteiger partial charge in [-0.25, -0.2) is 4.98 Å². The van der Waals surface area contributed by atoms with Crippen LogP contribution in [0.1, 0.15) is 66.9 Å². The molecule has 1 atom stereocenters. The van der Waals surface area contributed by atoms with E-state index in [2.05, 4.69) is 47.9 Å². The normalized spacial score (nSPS) is 15.2. The van der Waals surface area contributed by atoms with Gasteiger partial charge in [-0.1, -0.05) is 39.0 Å². The second-order valence-corrected chi connectivity index (χ2v) is 8.69. The fraction of sp³-hybridized carbons (Fsp3) is 0.462. The van der Waals surface area contributed by atoms with Gasteiger partial charge in [-0.05, 0) is 38.0 Å². The molecule has 8 nitrogen and oxygen atoms in total. The Hall–Kier alpha value is -3.26. The summed E-state index contributed by atoms with van der Waals surface area (Å²) < 4.78 is 7.68. The van der Waals surface area contributed by atoms with Gasteiger partial charge in [0, 0.05) is 43.0 Å². The van der Waals surface area contributed by atoms with Gasteiger partial charge in [-0.3, -0.25) is 4.57 Å². The van der Waals surface area contributed by atoms with E-state index in [1.54, 1.807) is 6.08 Å².